The molecule has 1 aromatic heterocycles. The van der Waals surface area contributed by atoms with E-state index >= 15 is 0 Å². The Bertz CT molecular complexity index is 912. The van der Waals surface area contributed by atoms with Crippen LogP contribution in [-0.2, 0) is 14.3 Å². The number of carbonyl (C=O) groups is 3. The highest BCUT2D eigenvalue weighted by Crippen LogP contribution is 2.58. The van der Waals surface area contributed by atoms with Gasteiger partial charge in [-0.2, -0.15) is 4.98 Å². The topological polar surface area (TPSA) is 115 Å². The van der Waals surface area contributed by atoms with Gasteiger partial charge in [-0.3, -0.25) is 14.4 Å². The summed E-state index contributed by atoms with van der Waals surface area (Å²) < 4.78 is 10.6. The normalized spacial score (nSPS) is 23.3. The predicted molar refractivity (Wildman–Crippen MR) is 122 cm³/mol. The van der Waals surface area contributed by atoms with Crippen molar-refractivity contribution in [3.63, 3.8) is 0 Å². The number of rotatable bonds is 12. The average molecular weight is 473 g/mol. The van der Waals surface area contributed by atoms with Crippen LogP contribution in [0.15, 0.2) is 4.52 Å². The fourth-order valence-electron chi connectivity index (χ4n) is 5.17. The highest BCUT2D eigenvalue weighted by Gasteiger charge is 2.48. The van der Waals surface area contributed by atoms with E-state index < -0.39 is 12.0 Å². The molecule has 2 unspecified atom stereocenters. The van der Waals surface area contributed by atoms with Gasteiger partial charge in [-0.25, -0.2) is 0 Å². The maximum Gasteiger partial charge on any atom is 0.296 e. The first kappa shape index (κ1) is 23.5. The third-order valence-corrected chi connectivity index (χ3v) is 7.85. The van der Waals surface area contributed by atoms with Crippen molar-refractivity contribution in [3.05, 3.63) is 11.7 Å². The van der Waals surface area contributed by atoms with Crippen LogP contribution in [0.1, 0.15) is 93.6 Å². The summed E-state index contributed by atoms with van der Waals surface area (Å²) in [4.78, 5) is 45.6. The van der Waals surface area contributed by atoms with Crippen molar-refractivity contribution in [2.75, 3.05) is 26.3 Å². The van der Waals surface area contributed by atoms with E-state index in [2.05, 4.69) is 15.5 Å². The van der Waals surface area contributed by atoms with E-state index in [9.17, 15) is 14.4 Å². The number of aromatic nitrogens is 2. The Hall–Kier alpha value is -2.29. The van der Waals surface area contributed by atoms with Gasteiger partial charge >= 0.3 is 0 Å². The Labute approximate surface area is 200 Å². The van der Waals surface area contributed by atoms with Gasteiger partial charge in [0.25, 0.3) is 5.89 Å². The molecular weight excluding hydrogens is 436 g/mol. The summed E-state index contributed by atoms with van der Waals surface area (Å²) in [7, 11) is 0. The molecule has 2 atom stereocenters. The average Bonchev–Trinajstić information content (AvgIpc) is 3.77. The quantitative estimate of drug-likeness (QED) is 0.465. The Morgan fingerprint density at radius 3 is 2.50 bits per heavy atom. The van der Waals surface area contributed by atoms with Gasteiger partial charge < -0.3 is 19.5 Å². The lowest BCUT2D eigenvalue weighted by Gasteiger charge is -2.30. The van der Waals surface area contributed by atoms with E-state index in [1.165, 1.54) is 12.8 Å². The summed E-state index contributed by atoms with van der Waals surface area (Å²) in [6.45, 7) is 4.06. The minimum atomic E-state index is -0.737. The highest BCUT2D eigenvalue weighted by molar-refractivity contribution is 5.99. The van der Waals surface area contributed by atoms with E-state index in [1.807, 2.05) is 6.92 Å². The van der Waals surface area contributed by atoms with Crippen LogP contribution >= 0.6 is 0 Å². The number of ether oxygens (including phenoxy) is 1. The molecular formula is C25H36N4O5. The van der Waals surface area contributed by atoms with Crippen LogP contribution in [0.4, 0.5) is 0 Å². The molecule has 9 heteroatoms. The van der Waals surface area contributed by atoms with Crippen LogP contribution in [0, 0.1) is 17.3 Å². The molecule has 0 bridgehead atoms. The van der Waals surface area contributed by atoms with Gasteiger partial charge in [-0.15, -0.1) is 0 Å². The number of morpholine rings is 1. The molecule has 9 nitrogen and oxygen atoms in total. The molecule has 2 heterocycles. The zero-order valence-electron chi connectivity index (χ0n) is 20.1. The second-order valence-electron chi connectivity index (χ2n) is 10.8. The van der Waals surface area contributed by atoms with E-state index in [1.54, 1.807) is 4.90 Å². The number of hydrogen-bond acceptors (Lipinski definition) is 7. The second kappa shape index (κ2) is 9.76. The van der Waals surface area contributed by atoms with Crippen molar-refractivity contribution >= 4 is 17.6 Å². The zero-order valence-corrected chi connectivity index (χ0v) is 20.1. The van der Waals surface area contributed by atoms with Crippen molar-refractivity contribution in [3.8, 4) is 0 Å². The Balaban J connectivity index is 1.25. The van der Waals surface area contributed by atoms with Crippen LogP contribution in [0.2, 0.25) is 0 Å². The molecule has 3 aliphatic carbocycles. The maximum absolute atomic E-state index is 13.5. The first-order chi connectivity index (χ1) is 16.5. The molecule has 0 radical (unpaired) electrons. The summed E-state index contributed by atoms with van der Waals surface area (Å²) in [5, 5.41) is 6.87. The van der Waals surface area contributed by atoms with Crippen molar-refractivity contribution in [1.29, 1.82) is 0 Å². The van der Waals surface area contributed by atoms with Crippen LogP contribution < -0.4 is 5.32 Å². The number of nitrogens with zero attached hydrogens (tertiary/aromatic N) is 3. The molecule has 186 valence electrons. The Kier molecular flexibility index (Phi) is 6.73. The molecule has 0 spiro atoms. The summed E-state index contributed by atoms with van der Waals surface area (Å²) in [6, 6.07) is -0.737. The van der Waals surface area contributed by atoms with Gasteiger partial charge in [0.15, 0.2) is 5.82 Å². The lowest BCUT2D eigenvalue weighted by molar-refractivity contribution is -0.140. The maximum atomic E-state index is 13.5. The van der Waals surface area contributed by atoms with Gasteiger partial charge in [-0.05, 0) is 56.3 Å². The van der Waals surface area contributed by atoms with Crippen molar-refractivity contribution in [1.82, 2.24) is 20.4 Å². The lowest BCUT2D eigenvalue weighted by Crippen LogP contribution is -2.46. The molecule has 4 fully saturated rings. The smallest absolute Gasteiger partial charge is 0.296 e. The van der Waals surface area contributed by atoms with Gasteiger partial charge in [0, 0.05) is 31.3 Å². The molecule has 1 aromatic rings. The van der Waals surface area contributed by atoms with Gasteiger partial charge in [0.05, 0.1) is 19.3 Å². The lowest BCUT2D eigenvalue weighted by atomic mass is 9.84. The number of nitrogens with one attached hydrogen (secondary N) is 1. The number of carbonyl (C=O) groups excluding carboxylic acids is 3. The third-order valence-electron chi connectivity index (χ3n) is 7.85. The highest BCUT2D eigenvalue weighted by atomic mass is 16.5. The molecule has 0 aromatic carbocycles. The summed E-state index contributed by atoms with van der Waals surface area (Å²) in [6.07, 6.45) is 9.31. The van der Waals surface area contributed by atoms with Gasteiger partial charge in [-0.1, -0.05) is 24.9 Å². The molecule has 1 saturated heterocycles. The second-order valence-corrected chi connectivity index (χ2v) is 10.8. The Morgan fingerprint density at radius 2 is 1.88 bits per heavy atom. The Morgan fingerprint density at radius 1 is 1.15 bits per heavy atom. The third kappa shape index (κ3) is 5.67. The number of ketones is 1. The van der Waals surface area contributed by atoms with Crippen molar-refractivity contribution in [2.45, 2.75) is 83.1 Å². The SMILES string of the molecule is CCC(NC(=O)C(CC(=O)N1CCOCC1)CC1(CC2CC2)CC1)C(=O)c1nc(C2CC2)no1. The molecule has 2 amide bonds. The van der Waals surface area contributed by atoms with Crippen molar-refractivity contribution in [2.24, 2.45) is 17.3 Å². The summed E-state index contributed by atoms with van der Waals surface area (Å²) >= 11 is 0. The predicted octanol–water partition coefficient (Wildman–Crippen LogP) is 2.86. The van der Waals surface area contributed by atoms with E-state index in [0.29, 0.717) is 45.0 Å². The first-order valence-electron chi connectivity index (χ1n) is 13.0. The summed E-state index contributed by atoms with van der Waals surface area (Å²) in [5.41, 5.74) is 0.186. The standard InChI is InChI=1S/C25H36N4O5/c1-2-19(21(31)24-27-22(28-34-24)17-5-6-17)26-23(32)18(13-20(30)29-9-11-33-12-10-29)15-25(7-8-25)14-16-3-4-16/h16-19H,2-15H2,1H3,(H,26,32). The molecule has 1 N–H and O–H groups in total. The van der Waals surface area contributed by atoms with Crippen LogP contribution in [0.25, 0.3) is 0 Å². The monoisotopic (exact) mass is 472 g/mol. The minimum absolute atomic E-state index is 0.00368. The molecule has 3 saturated carbocycles. The van der Waals surface area contributed by atoms with Crippen LogP contribution in [0.3, 0.4) is 0 Å². The van der Waals surface area contributed by atoms with Crippen LogP contribution in [0.5, 0.6) is 0 Å². The first-order valence-corrected chi connectivity index (χ1v) is 13.0. The van der Waals surface area contributed by atoms with Gasteiger partial charge in [0.2, 0.25) is 17.6 Å². The van der Waals surface area contributed by atoms with E-state index in [0.717, 1.165) is 38.0 Å². The largest absolute Gasteiger partial charge is 0.378 e. The fraction of sp³-hybridized carbons (Fsp3) is 0.800. The summed E-state index contributed by atoms with van der Waals surface area (Å²) in [5.74, 6) is 0.593. The molecule has 5 rings (SSSR count). The number of amides is 2. The van der Waals surface area contributed by atoms with E-state index in [4.69, 9.17) is 9.26 Å². The molecule has 1 aliphatic heterocycles. The van der Waals surface area contributed by atoms with E-state index in [-0.39, 0.29) is 41.2 Å². The number of hydrogen-bond donors (Lipinski definition) is 1. The molecule has 4 aliphatic rings. The zero-order chi connectivity index (χ0) is 23.7. The minimum Gasteiger partial charge on any atom is -0.378 e. The van der Waals surface area contributed by atoms with Gasteiger partial charge in [0.1, 0.15) is 0 Å². The fourth-order valence-corrected chi connectivity index (χ4v) is 5.17. The van der Waals surface area contributed by atoms with Crippen molar-refractivity contribution < 1.29 is 23.6 Å². The number of Topliss-reactive ketones (excluding diaryl/α,β-unsaturated/α-hetero) is 1. The molecule has 34 heavy (non-hydrogen) atoms. The van der Waals surface area contributed by atoms with Crippen LogP contribution in [-0.4, -0.2) is 65.0 Å².